The molecule has 2 heteroatoms. The van der Waals surface area contributed by atoms with Gasteiger partial charge in [0.25, 0.3) is 0 Å². The second kappa shape index (κ2) is 5.34. The van der Waals surface area contributed by atoms with E-state index in [-0.39, 0.29) is 0 Å². The first kappa shape index (κ1) is 10.7. The van der Waals surface area contributed by atoms with E-state index in [1.165, 1.54) is 0 Å². The van der Waals surface area contributed by atoms with Crippen molar-refractivity contribution >= 4 is 23.1 Å². The van der Waals surface area contributed by atoms with Crippen LogP contribution in [0.2, 0.25) is 0 Å². The smallest absolute Gasteiger partial charge is 0.0895 e. The van der Waals surface area contributed by atoms with Crippen molar-refractivity contribution in [3.63, 3.8) is 0 Å². The molecule has 0 aliphatic rings. The van der Waals surface area contributed by atoms with Gasteiger partial charge in [-0.1, -0.05) is 37.8 Å². The summed E-state index contributed by atoms with van der Waals surface area (Å²) in [6.45, 7) is 4.11. The summed E-state index contributed by atoms with van der Waals surface area (Å²) >= 11 is 4.56. The van der Waals surface area contributed by atoms with Gasteiger partial charge in [0.05, 0.1) is 16.4 Å². The quantitative estimate of drug-likeness (QED) is 0.385. The molecule has 0 radical (unpaired) electrons. The van der Waals surface area contributed by atoms with Crippen LogP contribution in [0.5, 0.6) is 0 Å². The third-order valence-electron chi connectivity index (χ3n) is 1.57. The molecule has 0 fully saturated rings. The summed E-state index contributed by atoms with van der Waals surface area (Å²) < 4.78 is 0. The molecule has 0 bridgehead atoms. The van der Waals surface area contributed by atoms with E-state index in [1.807, 2.05) is 24.3 Å². The van der Waals surface area contributed by atoms with Crippen molar-refractivity contribution in [2.24, 2.45) is 10.9 Å². The van der Waals surface area contributed by atoms with E-state index in [0.717, 1.165) is 11.3 Å². The Morgan fingerprint density at radius 2 is 2.00 bits per heavy atom. The van der Waals surface area contributed by atoms with Gasteiger partial charge in [-0.05, 0) is 24.4 Å². The fourth-order valence-corrected chi connectivity index (χ4v) is 1.05. The Kier molecular flexibility index (Phi) is 4.07. The highest BCUT2D eigenvalue weighted by molar-refractivity contribution is 7.78. The van der Waals surface area contributed by atoms with Crippen LogP contribution in [-0.2, 0) is 0 Å². The summed E-state index contributed by atoms with van der Waals surface area (Å²) in [5.74, 6) is 6.52. The molecular weight excluding hydrogens is 190 g/mol. The van der Waals surface area contributed by atoms with Crippen LogP contribution < -0.4 is 0 Å². The van der Waals surface area contributed by atoms with Gasteiger partial charge < -0.3 is 0 Å². The van der Waals surface area contributed by atoms with Crippen LogP contribution in [0.4, 0.5) is 5.69 Å². The summed E-state index contributed by atoms with van der Waals surface area (Å²) in [7, 11) is 0. The van der Waals surface area contributed by atoms with Crippen molar-refractivity contribution < 1.29 is 0 Å². The van der Waals surface area contributed by atoms with Gasteiger partial charge >= 0.3 is 0 Å². The van der Waals surface area contributed by atoms with Crippen LogP contribution in [0.1, 0.15) is 19.4 Å². The van der Waals surface area contributed by atoms with Crippen LogP contribution in [-0.4, -0.2) is 5.16 Å². The van der Waals surface area contributed by atoms with E-state index in [1.54, 1.807) is 0 Å². The Morgan fingerprint density at radius 1 is 1.29 bits per heavy atom. The summed E-state index contributed by atoms with van der Waals surface area (Å²) in [6.07, 6.45) is 0. The average Bonchev–Trinajstić information content (AvgIpc) is 2.17. The molecule has 1 nitrogen and oxygen atoms in total. The lowest BCUT2D eigenvalue weighted by Crippen LogP contribution is -1.80. The summed E-state index contributed by atoms with van der Waals surface area (Å²) in [5.41, 5.74) is 1.69. The molecule has 0 heterocycles. The molecule has 0 N–H and O–H groups in total. The average molecular weight is 201 g/mol. The molecule has 0 aliphatic carbocycles. The first-order chi connectivity index (χ1) is 6.74. The van der Waals surface area contributed by atoms with Crippen molar-refractivity contribution in [1.29, 1.82) is 0 Å². The second-order valence-electron chi connectivity index (χ2n) is 3.14. The third-order valence-corrected chi connectivity index (χ3v) is 1.66. The Labute approximate surface area is 89.9 Å². The fourth-order valence-electron chi connectivity index (χ4n) is 0.948. The van der Waals surface area contributed by atoms with E-state index in [0.29, 0.717) is 5.92 Å². The summed E-state index contributed by atoms with van der Waals surface area (Å²) in [6, 6.07) is 7.66. The lowest BCUT2D eigenvalue weighted by molar-refractivity contribution is 0.866. The van der Waals surface area contributed by atoms with Crippen molar-refractivity contribution in [2.75, 3.05) is 0 Å². The zero-order chi connectivity index (χ0) is 10.4. The molecule has 1 aromatic carbocycles. The minimum Gasteiger partial charge on any atom is -0.193 e. The molecule has 1 rings (SSSR count). The zero-order valence-corrected chi connectivity index (χ0v) is 9.06. The summed E-state index contributed by atoms with van der Waals surface area (Å²) in [4.78, 5) is 3.95. The highest BCUT2D eigenvalue weighted by Crippen LogP contribution is 2.16. The normalized spacial score (nSPS) is 8.79. The number of rotatable bonds is 1. The van der Waals surface area contributed by atoms with Gasteiger partial charge in [-0.15, -0.1) is 0 Å². The van der Waals surface area contributed by atoms with Crippen molar-refractivity contribution in [3.05, 3.63) is 29.8 Å². The van der Waals surface area contributed by atoms with Gasteiger partial charge in [0.2, 0.25) is 0 Å². The van der Waals surface area contributed by atoms with Crippen molar-refractivity contribution in [3.8, 4) is 11.8 Å². The van der Waals surface area contributed by atoms with Crippen LogP contribution >= 0.6 is 12.2 Å². The topological polar surface area (TPSA) is 12.4 Å². The Bertz CT molecular complexity index is 417. The number of hydrogen-bond acceptors (Lipinski definition) is 2. The molecule has 1 aromatic rings. The van der Waals surface area contributed by atoms with Gasteiger partial charge in [0, 0.05) is 5.92 Å². The molecule has 0 aliphatic heterocycles. The molecule has 0 saturated carbocycles. The minimum atomic E-state index is 0.361. The molecule has 0 atom stereocenters. The predicted molar refractivity (Wildman–Crippen MR) is 62.8 cm³/mol. The van der Waals surface area contributed by atoms with Gasteiger partial charge in [-0.25, -0.2) is 0 Å². The number of thiocarbonyl (C=S) groups is 1. The highest BCUT2D eigenvalue weighted by Gasteiger charge is 1.94. The summed E-state index contributed by atoms with van der Waals surface area (Å²) in [5, 5.41) is 2.35. The van der Waals surface area contributed by atoms with Crippen LogP contribution in [0, 0.1) is 17.8 Å². The Morgan fingerprint density at radius 3 is 2.64 bits per heavy atom. The zero-order valence-electron chi connectivity index (χ0n) is 8.24. The maximum absolute atomic E-state index is 4.56. The lowest BCUT2D eigenvalue weighted by atomic mass is 10.1. The number of nitrogens with zero attached hydrogens (tertiary/aromatic N) is 1. The van der Waals surface area contributed by atoms with E-state index >= 15 is 0 Å². The van der Waals surface area contributed by atoms with Crippen LogP contribution in [0.3, 0.4) is 0 Å². The monoisotopic (exact) mass is 201 g/mol. The molecule has 0 saturated heterocycles. The minimum absolute atomic E-state index is 0.361. The van der Waals surface area contributed by atoms with Crippen molar-refractivity contribution in [2.45, 2.75) is 13.8 Å². The van der Waals surface area contributed by atoms with E-state index in [4.69, 9.17) is 0 Å². The first-order valence-electron chi connectivity index (χ1n) is 4.42. The van der Waals surface area contributed by atoms with E-state index < -0.39 is 0 Å². The molecule has 70 valence electrons. The second-order valence-corrected chi connectivity index (χ2v) is 3.33. The maximum atomic E-state index is 4.56. The molecule has 0 amide bonds. The Hall–Kier alpha value is -1.42. The number of hydrogen-bond donors (Lipinski definition) is 0. The molecular formula is C12H11NS. The number of benzene rings is 1. The van der Waals surface area contributed by atoms with Gasteiger partial charge in [-0.3, -0.25) is 0 Å². The first-order valence-corrected chi connectivity index (χ1v) is 4.83. The highest BCUT2D eigenvalue weighted by atomic mass is 32.1. The SMILES string of the molecule is CC(C)C#Cc1ccccc1N=C=S. The number of para-hydroxylation sites is 1. The van der Waals surface area contributed by atoms with Crippen molar-refractivity contribution in [1.82, 2.24) is 0 Å². The Balaban J connectivity index is 3.09. The number of isothiocyanates is 1. The van der Waals surface area contributed by atoms with E-state index in [2.05, 4.69) is 48.1 Å². The largest absolute Gasteiger partial charge is 0.193 e. The third kappa shape index (κ3) is 3.14. The molecule has 0 unspecified atom stereocenters. The van der Waals surface area contributed by atoms with Gasteiger partial charge in [0.15, 0.2) is 0 Å². The molecule has 0 spiro atoms. The van der Waals surface area contributed by atoms with Crippen LogP contribution in [0.15, 0.2) is 29.3 Å². The predicted octanol–water partition coefficient (Wildman–Crippen LogP) is 3.43. The van der Waals surface area contributed by atoms with Crippen LogP contribution in [0.25, 0.3) is 0 Å². The molecule has 14 heavy (non-hydrogen) atoms. The maximum Gasteiger partial charge on any atom is 0.0895 e. The van der Waals surface area contributed by atoms with Gasteiger partial charge in [-0.2, -0.15) is 4.99 Å². The molecule has 0 aromatic heterocycles. The fraction of sp³-hybridized carbons (Fsp3) is 0.250. The van der Waals surface area contributed by atoms with Gasteiger partial charge in [0.1, 0.15) is 0 Å². The number of aliphatic imine (C=N–C) groups is 1. The lowest BCUT2D eigenvalue weighted by Gasteiger charge is -1.95. The standard InChI is InChI=1S/C12H11NS/c1-10(2)7-8-11-5-3-4-6-12(11)13-9-14/h3-6,10H,1-2H3. The van der Waals surface area contributed by atoms with E-state index in [9.17, 15) is 0 Å².